The Balaban J connectivity index is 1.64. The second kappa shape index (κ2) is 5.63. The summed E-state index contributed by atoms with van der Waals surface area (Å²) in [6.07, 6.45) is 0.792. The van der Waals surface area contributed by atoms with Gasteiger partial charge < -0.3 is 15.1 Å². The smallest absolute Gasteiger partial charge is 0.312 e. The monoisotopic (exact) mass is 273 g/mol. The number of nitrogens with one attached hydrogen (secondary N) is 1. The van der Waals surface area contributed by atoms with Crippen LogP contribution in [0.1, 0.15) is 5.56 Å². The maximum atomic E-state index is 12.1. The summed E-state index contributed by atoms with van der Waals surface area (Å²) in [4.78, 5) is 27.6. The Morgan fingerprint density at radius 3 is 2.75 bits per heavy atom. The van der Waals surface area contributed by atoms with Gasteiger partial charge in [-0.15, -0.1) is 0 Å². The SMILES string of the molecule is O=C1C(=O)N2CCNCC2CN1CCc1ccccc1. The van der Waals surface area contributed by atoms with Crippen molar-refractivity contribution < 1.29 is 9.59 Å². The number of nitrogens with zero attached hydrogens (tertiary/aromatic N) is 2. The van der Waals surface area contributed by atoms with Crippen LogP contribution in [0.3, 0.4) is 0 Å². The third-order valence-electron chi connectivity index (χ3n) is 4.03. The lowest BCUT2D eigenvalue weighted by Crippen LogP contribution is -2.65. The number of hydrogen-bond donors (Lipinski definition) is 1. The number of carbonyl (C=O) groups is 2. The van der Waals surface area contributed by atoms with E-state index in [1.807, 2.05) is 30.3 Å². The summed E-state index contributed by atoms with van der Waals surface area (Å²) in [6.45, 7) is 3.45. The first-order chi connectivity index (χ1) is 9.75. The molecule has 0 bridgehead atoms. The van der Waals surface area contributed by atoms with Gasteiger partial charge in [-0.25, -0.2) is 0 Å². The molecule has 0 saturated carbocycles. The molecular weight excluding hydrogens is 254 g/mol. The quantitative estimate of drug-likeness (QED) is 0.781. The van der Waals surface area contributed by atoms with Crippen molar-refractivity contribution >= 4 is 11.8 Å². The molecule has 106 valence electrons. The first kappa shape index (κ1) is 13.1. The molecule has 2 heterocycles. The molecule has 0 spiro atoms. The normalized spacial score (nSPS) is 22.9. The van der Waals surface area contributed by atoms with E-state index in [0.29, 0.717) is 19.6 Å². The van der Waals surface area contributed by atoms with Crippen molar-refractivity contribution in [2.75, 3.05) is 32.7 Å². The number of hydrogen-bond acceptors (Lipinski definition) is 3. The minimum absolute atomic E-state index is 0.129. The molecule has 2 amide bonds. The number of fused-ring (bicyclic) bond motifs is 1. The summed E-state index contributed by atoms with van der Waals surface area (Å²) >= 11 is 0. The highest BCUT2D eigenvalue weighted by molar-refractivity contribution is 6.35. The molecule has 1 atom stereocenters. The first-order valence-corrected chi connectivity index (χ1v) is 7.10. The molecule has 2 aliphatic rings. The molecular formula is C15H19N3O2. The summed E-state index contributed by atoms with van der Waals surface area (Å²) in [6, 6.07) is 10.2. The van der Waals surface area contributed by atoms with E-state index in [-0.39, 0.29) is 17.9 Å². The first-order valence-electron chi connectivity index (χ1n) is 7.10. The molecule has 5 nitrogen and oxygen atoms in total. The molecule has 5 heteroatoms. The van der Waals surface area contributed by atoms with Gasteiger partial charge in [0, 0.05) is 32.7 Å². The zero-order valence-corrected chi connectivity index (χ0v) is 11.4. The third-order valence-corrected chi connectivity index (χ3v) is 4.03. The Bertz CT molecular complexity index is 503. The van der Waals surface area contributed by atoms with Crippen LogP contribution in [0.2, 0.25) is 0 Å². The van der Waals surface area contributed by atoms with Crippen molar-refractivity contribution in [2.45, 2.75) is 12.5 Å². The topological polar surface area (TPSA) is 52.7 Å². The highest BCUT2D eigenvalue weighted by Crippen LogP contribution is 2.14. The molecule has 3 rings (SSSR count). The Labute approximate surface area is 118 Å². The lowest BCUT2D eigenvalue weighted by molar-refractivity contribution is -0.159. The average molecular weight is 273 g/mol. The van der Waals surface area contributed by atoms with Gasteiger partial charge in [0.25, 0.3) is 0 Å². The van der Waals surface area contributed by atoms with E-state index in [1.165, 1.54) is 5.56 Å². The Hall–Kier alpha value is -1.88. The Morgan fingerprint density at radius 1 is 1.15 bits per heavy atom. The van der Waals surface area contributed by atoms with Gasteiger partial charge in [-0.3, -0.25) is 9.59 Å². The minimum atomic E-state index is -0.348. The van der Waals surface area contributed by atoms with E-state index < -0.39 is 0 Å². The zero-order valence-electron chi connectivity index (χ0n) is 11.4. The lowest BCUT2D eigenvalue weighted by atomic mass is 10.1. The standard InChI is InChI=1S/C15H19N3O2/c19-14-15(20)18-9-7-16-10-13(18)11-17(14)8-6-12-4-2-1-3-5-12/h1-5,13,16H,6-11H2. The zero-order chi connectivity index (χ0) is 13.9. The molecule has 0 aliphatic carbocycles. The van der Waals surface area contributed by atoms with Crippen molar-refractivity contribution in [1.29, 1.82) is 0 Å². The largest absolute Gasteiger partial charge is 0.332 e. The van der Waals surface area contributed by atoms with Crippen LogP contribution >= 0.6 is 0 Å². The van der Waals surface area contributed by atoms with E-state index in [4.69, 9.17) is 0 Å². The van der Waals surface area contributed by atoms with Crippen molar-refractivity contribution in [3.05, 3.63) is 35.9 Å². The number of rotatable bonds is 3. The van der Waals surface area contributed by atoms with Gasteiger partial charge in [-0.2, -0.15) is 0 Å². The summed E-state index contributed by atoms with van der Waals surface area (Å²) in [5, 5.41) is 3.28. The summed E-state index contributed by atoms with van der Waals surface area (Å²) in [7, 11) is 0. The summed E-state index contributed by atoms with van der Waals surface area (Å²) in [5.74, 6) is -0.685. The van der Waals surface area contributed by atoms with E-state index in [0.717, 1.165) is 19.5 Å². The Morgan fingerprint density at radius 2 is 1.95 bits per heavy atom. The minimum Gasteiger partial charge on any atom is -0.332 e. The van der Waals surface area contributed by atoms with Crippen LogP contribution in [-0.4, -0.2) is 60.4 Å². The fraction of sp³-hybridized carbons (Fsp3) is 0.467. The van der Waals surface area contributed by atoms with Crippen molar-refractivity contribution in [3.63, 3.8) is 0 Å². The summed E-state index contributed by atoms with van der Waals surface area (Å²) < 4.78 is 0. The van der Waals surface area contributed by atoms with Gasteiger partial charge >= 0.3 is 11.8 Å². The summed E-state index contributed by atoms with van der Waals surface area (Å²) in [5.41, 5.74) is 1.19. The molecule has 1 aromatic rings. The van der Waals surface area contributed by atoms with Crippen LogP contribution in [0, 0.1) is 0 Å². The number of benzene rings is 1. The second-order valence-electron chi connectivity index (χ2n) is 5.34. The predicted octanol–water partition coefficient (Wildman–Crippen LogP) is -0.128. The maximum Gasteiger partial charge on any atom is 0.312 e. The van der Waals surface area contributed by atoms with E-state index in [1.54, 1.807) is 9.80 Å². The molecule has 1 aromatic carbocycles. The second-order valence-corrected chi connectivity index (χ2v) is 5.34. The molecule has 20 heavy (non-hydrogen) atoms. The van der Waals surface area contributed by atoms with Gasteiger partial charge in [0.15, 0.2) is 0 Å². The van der Waals surface area contributed by atoms with Crippen molar-refractivity contribution in [2.24, 2.45) is 0 Å². The number of piperazine rings is 2. The highest BCUT2D eigenvalue weighted by atomic mass is 16.2. The Kier molecular flexibility index (Phi) is 3.69. The maximum absolute atomic E-state index is 12.1. The average Bonchev–Trinajstić information content (AvgIpc) is 2.50. The van der Waals surface area contributed by atoms with E-state index >= 15 is 0 Å². The molecule has 0 radical (unpaired) electrons. The van der Waals surface area contributed by atoms with Gasteiger partial charge in [0.1, 0.15) is 0 Å². The van der Waals surface area contributed by atoms with Gasteiger partial charge in [0.2, 0.25) is 0 Å². The van der Waals surface area contributed by atoms with Crippen LogP contribution in [-0.2, 0) is 16.0 Å². The molecule has 2 fully saturated rings. The van der Waals surface area contributed by atoms with Crippen LogP contribution < -0.4 is 5.32 Å². The molecule has 1 unspecified atom stereocenters. The molecule has 0 aromatic heterocycles. The van der Waals surface area contributed by atoms with Crippen LogP contribution in [0.5, 0.6) is 0 Å². The van der Waals surface area contributed by atoms with Gasteiger partial charge in [-0.1, -0.05) is 30.3 Å². The molecule has 2 saturated heterocycles. The molecule has 1 N–H and O–H groups in total. The third kappa shape index (κ3) is 2.54. The predicted molar refractivity (Wildman–Crippen MR) is 75.1 cm³/mol. The number of carbonyl (C=O) groups excluding carboxylic acids is 2. The number of amides is 2. The fourth-order valence-corrected chi connectivity index (χ4v) is 2.89. The van der Waals surface area contributed by atoms with Crippen LogP contribution in [0.25, 0.3) is 0 Å². The highest BCUT2D eigenvalue weighted by Gasteiger charge is 2.39. The van der Waals surface area contributed by atoms with Crippen LogP contribution in [0.4, 0.5) is 0 Å². The van der Waals surface area contributed by atoms with Crippen LogP contribution in [0.15, 0.2) is 30.3 Å². The van der Waals surface area contributed by atoms with E-state index in [2.05, 4.69) is 5.32 Å². The molecule has 2 aliphatic heterocycles. The van der Waals surface area contributed by atoms with Crippen molar-refractivity contribution in [1.82, 2.24) is 15.1 Å². The van der Waals surface area contributed by atoms with Gasteiger partial charge in [-0.05, 0) is 12.0 Å². The fourth-order valence-electron chi connectivity index (χ4n) is 2.89. The lowest BCUT2D eigenvalue weighted by Gasteiger charge is -2.43. The van der Waals surface area contributed by atoms with Crippen molar-refractivity contribution in [3.8, 4) is 0 Å². The van der Waals surface area contributed by atoms with E-state index in [9.17, 15) is 9.59 Å². The van der Waals surface area contributed by atoms with Gasteiger partial charge in [0.05, 0.1) is 6.04 Å².